The molecular weight excluding hydrogens is 280 g/mol. The smallest absolute Gasteiger partial charge is 0.250 e. The number of carbonyl (C=O) groups excluding carboxylic acids is 2. The topological polar surface area (TPSA) is 109 Å². The lowest BCUT2D eigenvalue weighted by Gasteiger charge is -2.36. The van der Waals surface area contributed by atoms with E-state index in [4.69, 9.17) is 5.73 Å². The second-order valence-corrected chi connectivity index (χ2v) is 5.91. The SMILES string of the molecule is Cc1csc(NC(=O)CN2CCCC(O)(C(N)=O)C2)n1. The molecule has 0 aliphatic carbocycles. The molecule has 4 N–H and O–H groups in total. The molecule has 1 fully saturated rings. The number of nitrogens with one attached hydrogen (secondary N) is 1. The standard InChI is InChI=1S/C12H18N4O3S/c1-8-6-20-11(14-8)15-9(17)5-16-4-2-3-12(19,7-16)10(13)18/h6,19H,2-5,7H2,1H3,(H2,13,18)(H,14,15,17). The van der Waals surface area contributed by atoms with Gasteiger partial charge in [-0.1, -0.05) is 0 Å². The number of aromatic nitrogens is 1. The number of β-amino-alcohol motifs (C(OH)–C–C–N with tert-alkyl or cyclic N) is 1. The molecule has 1 aliphatic heterocycles. The maximum atomic E-state index is 11.9. The Labute approximate surface area is 120 Å². The van der Waals surface area contributed by atoms with E-state index in [1.165, 1.54) is 11.3 Å². The van der Waals surface area contributed by atoms with Crippen molar-refractivity contribution in [3.05, 3.63) is 11.1 Å². The maximum Gasteiger partial charge on any atom is 0.250 e. The quantitative estimate of drug-likeness (QED) is 0.707. The van der Waals surface area contributed by atoms with Crippen molar-refractivity contribution in [1.82, 2.24) is 9.88 Å². The number of carbonyl (C=O) groups is 2. The van der Waals surface area contributed by atoms with E-state index in [1.54, 1.807) is 4.90 Å². The van der Waals surface area contributed by atoms with Crippen molar-refractivity contribution in [2.75, 3.05) is 25.0 Å². The Kier molecular flexibility index (Phi) is 4.36. The molecule has 7 nitrogen and oxygen atoms in total. The normalized spacial score (nSPS) is 23.5. The highest BCUT2D eigenvalue weighted by molar-refractivity contribution is 7.13. The Morgan fingerprint density at radius 2 is 2.40 bits per heavy atom. The average molecular weight is 298 g/mol. The van der Waals surface area contributed by atoms with Crippen molar-refractivity contribution in [1.29, 1.82) is 0 Å². The van der Waals surface area contributed by atoms with Crippen molar-refractivity contribution in [2.24, 2.45) is 5.73 Å². The first-order valence-electron chi connectivity index (χ1n) is 6.36. The fourth-order valence-electron chi connectivity index (χ4n) is 2.23. The van der Waals surface area contributed by atoms with Gasteiger partial charge in [0.15, 0.2) is 10.7 Å². The second kappa shape index (κ2) is 5.86. The van der Waals surface area contributed by atoms with Gasteiger partial charge < -0.3 is 16.2 Å². The van der Waals surface area contributed by atoms with E-state index in [-0.39, 0.29) is 19.0 Å². The van der Waals surface area contributed by atoms with Gasteiger partial charge in [0, 0.05) is 11.9 Å². The molecule has 1 atom stereocenters. The number of anilines is 1. The third kappa shape index (κ3) is 3.53. The van der Waals surface area contributed by atoms with Gasteiger partial charge in [-0.25, -0.2) is 4.98 Å². The third-order valence-electron chi connectivity index (χ3n) is 3.24. The van der Waals surface area contributed by atoms with Crippen molar-refractivity contribution in [2.45, 2.75) is 25.4 Å². The van der Waals surface area contributed by atoms with Gasteiger partial charge in [0.05, 0.1) is 12.2 Å². The van der Waals surface area contributed by atoms with Crippen LogP contribution in [-0.2, 0) is 9.59 Å². The Morgan fingerprint density at radius 3 is 3.00 bits per heavy atom. The Balaban J connectivity index is 1.89. The molecule has 2 heterocycles. The molecule has 1 aromatic rings. The molecule has 0 spiro atoms. The molecular formula is C12H18N4O3S. The lowest BCUT2D eigenvalue weighted by atomic mass is 9.92. The number of hydrogen-bond acceptors (Lipinski definition) is 6. The summed E-state index contributed by atoms with van der Waals surface area (Å²) in [5.74, 6) is -0.953. The highest BCUT2D eigenvalue weighted by atomic mass is 32.1. The number of nitrogens with two attached hydrogens (primary N) is 1. The van der Waals surface area contributed by atoms with Crippen LogP contribution in [0.4, 0.5) is 5.13 Å². The average Bonchev–Trinajstić information content (AvgIpc) is 2.74. The van der Waals surface area contributed by atoms with Crippen molar-refractivity contribution < 1.29 is 14.7 Å². The third-order valence-corrected chi connectivity index (χ3v) is 4.12. The summed E-state index contributed by atoms with van der Waals surface area (Å²) in [5, 5.41) is 15.2. The predicted molar refractivity (Wildman–Crippen MR) is 75.3 cm³/mol. The summed E-state index contributed by atoms with van der Waals surface area (Å²) >= 11 is 1.36. The van der Waals surface area contributed by atoms with Crippen LogP contribution < -0.4 is 11.1 Å². The molecule has 1 unspecified atom stereocenters. The van der Waals surface area contributed by atoms with Crippen LogP contribution >= 0.6 is 11.3 Å². The number of rotatable bonds is 4. The number of piperidine rings is 1. The first-order valence-corrected chi connectivity index (χ1v) is 7.24. The summed E-state index contributed by atoms with van der Waals surface area (Å²) in [5.41, 5.74) is 4.52. The van der Waals surface area contributed by atoms with Crippen molar-refractivity contribution in [3.8, 4) is 0 Å². The van der Waals surface area contributed by atoms with Crippen molar-refractivity contribution >= 4 is 28.3 Å². The number of nitrogens with zero attached hydrogens (tertiary/aromatic N) is 2. The molecule has 2 amide bonds. The van der Waals surface area contributed by atoms with E-state index in [0.717, 1.165) is 5.69 Å². The molecule has 2 rings (SSSR count). The number of aliphatic hydroxyl groups is 1. The molecule has 1 saturated heterocycles. The number of hydrogen-bond donors (Lipinski definition) is 3. The number of thiazole rings is 1. The molecule has 8 heteroatoms. The maximum absolute atomic E-state index is 11.9. The molecule has 110 valence electrons. The Bertz CT molecular complexity index is 519. The van der Waals surface area contributed by atoms with Crippen LogP contribution in [-0.4, -0.2) is 52.0 Å². The lowest BCUT2D eigenvalue weighted by molar-refractivity contribution is -0.143. The first kappa shape index (κ1) is 14.9. The number of amides is 2. The molecule has 0 aromatic carbocycles. The Morgan fingerprint density at radius 1 is 1.65 bits per heavy atom. The van der Waals surface area contributed by atoms with Gasteiger partial charge in [-0.15, -0.1) is 11.3 Å². The summed E-state index contributed by atoms with van der Waals surface area (Å²) in [4.78, 5) is 29.0. The van der Waals surface area contributed by atoms with Crippen LogP contribution in [0.1, 0.15) is 18.5 Å². The second-order valence-electron chi connectivity index (χ2n) is 5.05. The van der Waals surface area contributed by atoms with Crippen LogP contribution in [0, 0.1) is 6.92 Å². The van der Waals surface area contributed by atoms with Gasteiger partial charge in [0.25, 0.3) is 5.91 Å². The molecule has 1 aromatic heterocycles. The summed E-state index contributed by atoms with van der Waals surface area (Å²) in [6.45, 7) is 2.70. The van der Waals surface area contributed by atoms with Gasteiger partial charge in [0.1, 0.15) is 0 Å². The molecule has 0 bridgehead atoms. The highest BCUT2D eigenvalue weighted by Crippen LogP contribution is 2.21. The van der Waals surface area contributed by atoms with E-state index in [0.29, 0.717) is 24.5 Å². The van der Waals surface area contributed by atoms with Crippen LogP contribution in [0.3, 0.4) is 0 Å². The monoisotopic (exact) mass is 298 g/mol. The minimum atomic E-state index is -1.53. The zero-order valence-electron chi connectivity index (χ0n) is 11.3. The molecule has 20 heavy (non-hydrogen) atoms. The van der Waals surface area contributed by atoms with Crippen LogP contribution in [0.2, 0.25) is 0 Å². The lowest BCUT2D eigenvalue weighted by Crippen LogP contribution is -2.56. The molecule has 0 saturated carbocycles. The number of likely N-dealkylation sites (tertiary alicyclic amines) is 1. The summed E-state index contributed by atoms with van der Waals surface area (Å²) < 4.78 is 0. The van der Waals surface area contributed by atoms with Crippen LogP contribution in [0.5, 0.6) is 0 Å². The summed E-state index contributed by atoms with van der Waals surface area (Å²) in [7, 11) is 0. The van der Waals surface area contributed by atoms with Crippen LogP contribution in [0.25, 0.3) is 0 Å². The highest BCUT2D eigenvalue weighted by Gasteiger charge is 2.38. The van der Waals surface area contributed by atoms with Crippen molar-refractivity contribution in [3.63, 3.8) is 0 Å². The number of aryl methyl sites for hydroxylation is 1. The van der Waals surface area contributed by atoms with E-state index in [2.05, 4.69) is 10.3 Å². The zero-order valence-corrected chi connectivity index (χ0v) is 12.1. The van der Waals surface area contributed by atoms with E-state index in [1.807, 2.05) is 12.3 Å². The molecule has 1 aliphatic rings. The first-order chi connectivity index (χ1) is 9.39. The van der Waals surface area contributed by atoms with E-state index in [9.17, 15) is 14.7 Å². The molecule has 0 radical (unpaired) electrons. The summed E-state index contributed by atoms with van der Waals surface area (Å²) in [6.07, 6.45) is 0.967. The Hall–Kier alpha value is -1.51. The van der Waals surface area contributed by atoms with E-state index >= 15 is 0 Å². The summed E-state index contributed by atoms with van der Waals surface area (Å²) in [6, 6.07) is 0. The zero-order chi connectivity index (χ0) is 14.8. The van der Waals surface area contributed by atoms with Gasteiger partial charge in [-0.05, 0) is 26.3 Å². The fraction of sp³-hybridized carbons (Fsp3) is 0.583. The van der Waals surface area contributed by atoms with Gasteiger partial charge >= 0.3 is 0 Å². The van der Waals surface area contributed by atoms with Gasteiger partial charge in [-0.3, -0.25) is 14.5 Å². The largest absolute Gasteiger partial charge is 0.379 e. The number of primary amides is 1. The van der Waals surface area contributed by atoms with Gasteiger partial charge in [0.2, 0.25) is 5.91 Å². The minimum Gasteiger partial charge on any atom is -0.379 e. The van der Waals surface area contributed by atoms with E-state index < -0.39 is 11.5 Å². The predicted octanol–water partition coefficient (Wildman–Crippen LogP) is -0.298. The minimum absolute atomic E-state index is 0.0899. The van der Waals surface area contributed by atoms with Gasteiger partial charge in [-0.2, -0.15) is 0 Å². The fourth-order valence-corrected chi connectivity index (χ4v) is 2.94. The van der Waals surface area contributed by atoms with Crippen LogP contribution in [0.15, 0.2) is 5.38 Å².